The van der Waals surface area contributed by atoms with E-state index in [0.717, 1.165) is 0 Å². The van der Waals surface area contributed by atoms with E-state index >= 15 is 0 Å². The molecule has 0 aliphatic carbocycles. The molecule has 1 rings (SSSR count). The SMILES string of the molecule is Fc1c[c]cc(F)c1C(F)(F)F. The Morgan fingerprint density at radius 1 is 1.00 bits per heavy atom. The first kappa shape index (κ1) is 8.96. The van der Waals surface area contributed by atoms with Crippen LogP contribution in [0.2, 0.25) is 0 Å². The Labute approximate surface area is 64.6 Å². The van der Waals surface area contributed by atoms with Gasteiger partial charge in [0.25, 0.3) is 0 Å². The molecule has 0 saturated carbocycles. The van der Waals surface area contributed by atoms with Gasteiger partial charge in [0.2, 0.25) is 0 Å². The van der Waals surface area contributed by atoms with Crippen LogP contribution in [0.5, 0.6) is 0 Å². The average molecular weight is 181 g/mol. The van der Waals surface area contributed by atoms with E-state index in [1.807, 2.05) is 6.07 Å². The summed E-state index contributed by atoms with van der Waals surface area (Å²) < 4.78 is 60.2. The van der Waals surface area contributed by atoms with E-state index in [0.29, 0.717) is 12.1 Å². The Morgan fingerprint density at radius 2 is 1.42 bits per heavy atom. The number of halogens is 5. The maximum Gasteiger partial charge on any atom is 0.422 e. The largest absolute Gasteiger partial charge is 0.422 e. The van der Waals surface area contributed by atoms with Crippen molar-refractivity contribution in [3.05, 3.63) is 35.4 Å². The number of benzene rings is 1. The average Bonchev–Trinajstić information content (AvgIpc) is 1.82. The minimum Gasteiger partial charge on any atom is -0.206 e. The number of alkyl halides is 3. The lowest BCUT2D eigenvalue weighted by Crippen LogP contribution is -2.10. The summed E-state index contributed by atoms with van der Waals surface area (Å²) in [6, 6.07) is 2.76. The van der Waals surface area contributed by atoms with E-state index in [1.54, 1.807) is 0 Å². The van der Waals surface area contributed by atoms with Gasteiger partial charge in [0.15, 0.2) is 0 Å². The summed E-state index contributed by atoms with van der Waals surface area (Å²) in [5, 5.41) is 0. The van der Waals surface area contributed by atoms with Crippen LogP contribution in [0, 0.1) is 17.7 Å². The molecular formula is C7H2F5. The van der Waals surface area contributed by atoms with Crippen molar-refractivity contribution in [2.75, 3.05) is 0 Å². The first-order valence-electron chi connectivity index (χ1n) is 2.85. The molecule has 0 fully saturated rings. The summed E-state index contributed by atoms with van der Waals surface area (Å²) in [4.78, 5) is 0. The molecule has 1 aromatic rings. The molecule has 0 bridgehead atoms. The molecule has 1 aromatic carbocycles. The molecule has 1 radical (unpaired) electrons. The van der Waals surface area contributed by atoms with Crippen molar-refractivity contribution in [3.63, 3.8) is 0 Å². The molecule has 0 nitrogen and oxygen atoms in total. The van der Waals surface area contributed by atoms with Crippen LogP contribution in [-0.4, -0.2) is 0 Å². The van der Waals surface area contributed by atoms with Crippen molar-refractivity contribution in [1.82, 2.24) is 0 Å². The zero-order valence-electron chi connectivity index (χ0n) is 5.54. The van der Waals surface area contributed by atoms with E-state index < -0.39 is 23.4 Å². The van der Waals surface area contributed by atoms with E-state index in [4.69, 9.17) is 0 Å². The van der Waals surface area contributed by atoms with Crippen molar-refractivity contribution in [1.29, 1.82) is 0 Å². The van der Waals surface area contributed by atoms with Crippen molar-refractivity contribution >= 4 is 0 Å². The third-order valence-corrected chi connectivity index (χ3v) is 1.18. The van der Waals surface area contributed by atoms with Gasteiger partial charge in [-0.2, -0.15) is 13.2 Å². The molecule has 0 heterocycles. The monoisotopic (exact) mass is 181 g/mol. The lowest BCUT2D eigenvalue weighted by atomic mass is 10.2. The predicted octanol–water partition coefficient (Wildman–Crippen LogP) is 2.78. The fourth-order valence-corrected chi connectivity index (χ4v) is 0.717. The topological polar surface area (TPSA) is 0 Å². The van der Waals surface area contributed by atoms with Gasteiger partial charge in [0, 0.05) is 0 Å². The Morgan fingerprint density at radius 3 is 1.67 bits per heavy atom. The quantitative estimate of drug-likeness (QED) is 0.540. The molecule has 0 amide bonds. The number of hydrogen-bond acceptors (Lipinski definition) is 0. The van der Waals surface area contributed by atoms with Crippen LogP contribution in [0.15, 0.2) is 12.1 Å². The molecule has 0 spiro atoms. The molecule has 0 aromatic heterocycles. The predicted molar refractivity (Wildman–Crippen MR) is 30.2 cm³/mol. The first-order chi connectivity index (χ1) is 5.43. The van der Waals surface area contributed by atoms with E-state index in [2.05, 4.69) is 0 Å². The Kier molecular flexibility index (Phi) is 2.04. The highest BCUT2D eigenvalue weighted by Gasteiger charge is 2.37. The van der Waals surface area contributed by atoms with Crippen LogP contribution in [0.1, 0.15) is 5.56 Å². The van der Waals surface area contributed by atoms with E-state index in [9.17, 15) is 22.0 Å². The van der Waals surface area contributed by atoms with Crippen LogP contribution in [0.25, 0.3) is 0 Å². The van der Waals surface area contributed by atoms with Gasteiger partial charge in [-0.25, -0.2) is 8.78 Å². The molecule has 0 atom stereocenters. The van der Waals surface area contributed by atoms with Gasteiger partial charge in [-0.15, -0.1) is 0 Å². The molecule has 12 heavy (non-hydrogen) atoms. The highest BCUT2D eigenvalue weighted by Crippen LogP contribution is 2.32. The smallest absolute Gasteiger partial charge is 0.206 e. The van der Waals surface area contributed by atoms with Crippen molar-refractivity contribution in [3.8, 4) is 0 Å². The molecule has 0 aliphatic heterocycles. The van der Waals surface area contributed by atoms with Crippen LogP contribution in [0.3, 0.4) is 0 Å². The fourth-order valence-electron chi connectivity index (χ4n) is 0.717. The second kappa shape index (κ2) is 2.73. The van der Waals surface area contributed by atoms with Crippen LogP contribution < -0.4 is 0 Å². The lowest BCUT2D eigenvalue weighted by Gasteiger charge is -2.07. The highest BCUT2D eigenvalue weighted by molar-refractivity contribution is 5.21. The minimum absolute atomic E-state index is 0.436. The van der Waals surface area contributed by atoms with Crippen LogP contribution in [-0.2, 0) is 6.18 Å². The van der Waals surface area contributed by atoms with Crippen LogP contribution in [0.4, 0.5) is 22.0 Å². The second-order valence-electron chi connectivity index (χ2n) is 2.02. The van der Waals surface area contributed by atoms with E-state index in [1.165, 1.54) is 0 Å². The van der Waals surface area contributed by atoms with E-state index in [-0.39, 0.29) is 0 Å². The van der Waals surface area contributed by atoms with Gasteiger partial charge in [0.1, 0.15) is 17.2 Å². The molecule has 0 saturated heterocycles. The zero-order chi connectivity index (χ0) is 9.35. The van der Waals surface area contributed by atoms with Crippen molar-refractivity contribution in [2.24, 2.45) is 0 Å². The Balaban J connectivity index is 3.31. The highest BCUT2D eigenvalue weighted by atomic mass is 19.4. The second-order valence-corrected chi connectivity index (χ2v) is 2.02. The summed E-state index contributed by atoms with van der Waals surface area (Å²) in [7, 11) is 0. The van der Waals surface area contributed by atoms with Crippen molar-refractivity contribution < 1.29 is 22.0 Å². The summed E-state index contributed by atoms with van der Waals surface area (Å²) >= 11 is 0. The minimum atomic E-state index is -5.00. The normalized spacial score (nSPS) is 11.8. The summed E-state index contributed by atoms with van der Waals surface area (Å²) in [6.45, 7) is 0. The molecule has 0 unspecified atom stereocenters. The lowest BCUT2D eigenvalue weighted by molar-refractivity contribution is -0.142. The van der Waals surface area contributed by atoms with Crippen molar-refractivity contribution in [2.45, 2.75) is 6.18 Å². The summed E-state index contributed by atoms with van der Waals surface area (Å²) in [5.74, 6) is -3.30. The standard InChI is InChI=1S/C7H2F5/c8-4-2-1-3-5(9)6(4)7(10,11)12/h2-3H. The Bertz CT molecular complexity index is 268. The van der Waals surface area contributed by atoms with Gasteiger partial charge in [-0.05, 0) is 18.2 Å². The zero-order valence-corrected chi connectivity index (χ0v) is 5.54. The maximum absolute atomic E-state index is 12.4. The molecule has 65 valence electrons. The van der Waals surface area contributed by atoms with Gasteiger partial charge in [0.05, 0.1) is 0 Å². The van der Waals surface area contributed by atoms with Gasteiger partial charge >= 0.3 is 6.18 Å². The number of hydrogen-bond donors (Lipinski definition) is 0. The van der Waals surface area contributed by atoms with Gasteiger partial charge < -0.3 is 0 Å². The molecule has 5 heteroatoms. The molecule has 0 aliphatic rings. The molecular weight excluding hydrogens is 179 g/mol. The van der Waals surface area contributed by atoms with Crippen LogP contribution >= 0.6 is 0 Å². The van der Waals surface area contributed by atoms with Gasteiger partial charge in [-0.3, -0.25) is 0 Å². The number of rotatable bonds is 0. The molecule has 0 N–H and O–H groups in total. The van der Waals surface area contributed by atoms with Gasteiger partial charge in [-0.1, -0.05) is 0 Å². The third kappa shape index (κ3) is 1.54. The third-order valence-electron chi connectivity index (χ3n) is 1.18. The Hall–Kier alpha value is -1.13. The summed E-state index contributed by atoms with van der Waals surface area (Å²) in [6.07, 6.45) is -5.00. The maximum atomic E-state index is 12.4. The fraction of sp³-hybridized carbons (Fsp3) is 0.143. The first-order valence-corrected chi connectivity index (χ1v) is 2.85. The summed E-state index contributed by atoms with van der Waals surface area (Å²) in [5.41, 5.74) is -1.87.